The molecule has 2 aromatic heterocycles. The summed E-state index contributed by atoms with van der Waals surface area (Å²) in [7, 11) is 0. The lowest BCUT2D eigenvalue weighted by Gasteiger charge is -2.13. The number of rotatable bonds is 4. The minimum atomic E-state index is -0.783. The number of aromatic amines is 1. The zero-order valence-corrected chi connectivity index (χ0v) is 14.9. The third-order valence-corrected chi connectivity index (χ3v) is 4.79. The number of hydrogen-bond donors (Lipinski definition) is 2. The van der Waals surface area contributed by atoms with Crippen molar-refractivity contribution in [1.29, 1.82) is 10.5 Å². The van der Waals surface area contributed by atoms with Crippen molar-refractivity contribution in [3.8, 4) is 23.3 Å². The van der Waals surface area contributed by atoms with E-state index in [1.54, 1.807) is 30.5 Å². The summed E-state index contributed by atoms with van der Waals surface area (Å²) in [6, 6.07) is 12.8. The van der Waals surface area contributed by atoms with Gasteiger partial charge in [0.15, 0.2) is 0 Å². The quantitative estimate of drug-likeness (QED) is 0.507. The SMILES string of the molecule is N#Cc1c(N)[nH]c(=O)c(C#N)c1-c1cc([N+](=O)[O-])ccc1Sc1ccccn1. The predicted octanol–water partition coefficient (Wildman–Crippen LogP) is 2.82. The summed E-state index contributed by atoms with van der Waals surface area (Å²) in [5, 5.41) is 30.8. The summed E-state index contributed by atoms with van der Waals surface area (Å²) >= 11 is 1.17. The van der Waals surface area contributed by atoms with Crippen LogP contribution in [0, 0.1) is 32.8 Å². The van der Waals surface area contributed by atoms with E-state index in [0.717, 1.165) is 0 Å². The topological polar surface area (TPSA) is 162 Å². The van der Waals surface area contributed by atoms with Gasteiger partial charge in [-0.05, 0) is 18.2 Å². The molecule has 28 heavy (non-hydrogen) atoms. The molecule has 0 aliphatic rings. The molecule has 3 aromatic rings. The third-order valence-electron chi connectivity index (χ3n) is 3.76. The van der Waals surface area contributed by atoms with Crippen molar-refractivity contribution < 1.29 is 4.92 Å². The van der Waals surface area contributed by atoms with Gasteiger partial charge in [0.2, 0.25) is 0 Å². The molecule has 0 atom stereocenters. The van der Waals surface area contributed by atoms with Crippen LogP contribution in [-0.2, 0) is 0 Å². The molecule has 0 bridgehead atoms. The number of hydrogen-bond acceptors (Lipinski definition) is 8. The van der Waals surface area contributed by atoms with E-state index in [1.807, 2.05) is 6.07 Å². The minimum absolute atomic E-state index is 0.0478. The van der Waals surface area contributed by atoms with E-state index in [4.69, 9.17) is 5.73 Å². The number of aromatic nitrogens is 2. The van der Waals surface area contributed by atoms with Crippen molar-refractivity contribution in [2.24, 2.45) is 0 Å². The molecule has 0 aliphatic carbocycles. The van der Waals surface area contributed by atoms with Crippen LogP contribution in [0.4, 0.5) is 11.5 Å². The summed E-state index contributed by atoms with van der Waals surface area (Å²) in [4.78, 5) is 29.8. The Balaban J connectivity index is 2.36. The summed E-state index contributed by atoms with van der Waals surface area (Å²) in [5.74, 6) is -0.221. The molecule has 0 radical (unpaired) electrons. The molecule has 9 nitrogen and oxygen atoms in total. The number of nitrogens with two attached hydrogens (primary N) is 1. The standard InChI is InChI=1S/C18H10N6O3S/c19-8-12-16(13(9-20)18(25)23-17(12)21)11-7-10(24(26)27)4-5-14(11)28-15-3-1-2-6-22-15/h1-7H,(H3,21,23,25). The van der Waals surface area contributed by atoms with Crippen LogP contribution in [0.2, 0.25) is 0 Å². The van der Waals surface area contributed by atoms with E-state index < -0.39 is 10.5 Å². The number of benzene rings is 1. The smallest absolute Gasteiger partial charge is 0.270 e. The van der Waals surface area contributed by atoms with E-state index >= 15 is 0 Å². The maximum atomic E-state index is 12.2. The first kappa shape index (κ1) is 18.6. The van der Waals surface area contributed by atoms with Gasteiger partial charge < -0.3 is 10.7 Å². The average molecular weight is 390 g/mol. The Morgan fingerprint density at radius 2 is 1.93 bits per heavy atom. The molecule has 0 saturated carbocycles. The van der Waals surface area contributed by atoms with Gasteiger partial charge in [0.25, 0.3) is 11.2 Å². The largest absolute Gasteiger partial charge is 0.384 e. The monoisotopic (exact) mass is 390 g/mol. The van der Waals surface area contributed by atoms with Crippen molar-refractivity contribution in [2.75, 3.05) is 5.73 Å². The number of nitrogens with zero attached hydrogens (tertiary/aromatic N) is 4. The van der Waals surface area contributed by atoms with E-state index in [2.05, 4.69) is 9.97 Å². The molecule has 136 valence electrons. The number of nitro groups is 1. The molecule has 0 saturated heterocycles. The normalized spacial score (nSPS) is 10.1. The predicted molar refractivity (Wildman–Crippen MR) is 101 cm³/mol. The van der Waals surface area contributed by atoms with Crippen LogP contribution in [0.3, 0.4) is 0 Å². The van der Waals surface area contributed by atoms with Crippen molar-refractivity contribution in [3.63, 3.8) is 0 Å². The second kappa shape index (κ2) is 7.61. The van der Waals surface area contributed by atoms with Gasteiger partial charge in [-0.1, -0.05) is 17.8 Å². The first-order valence-corrected chi connectivity index (χ1v) is 8.51. The van der Waals surface area contributed by atoms with Gasteiger partial charge in [-0.3, -0.25) is 14.9 Å². The fraction of sp³-hybridized carbons (Fsp3) is 0. The van der Waals surface area contributed by atoms with Crippen LogP contribution >= 0.6 is 11.8 Å². The number of nitro benzene ring substituents is 1. The van der Waals surface area contributed by atoms with Gasteiger partial charge in [0, 0.05) is 34.4 Å². The van der Waals surface area contributed by atoms with Gasteiger partial charge in [-0.25, -0.2) is 4.98 Å². The van der Waals surface area contributed by atoms with E-state index in [0.29, 0.717) is 9.92 Å². The number of anilines is 1. The van der Waals surface area contributed by atoms with E-state index in [9.17, 15) is 25.4 Å². The van der Waals surface area contributed by atoms with Gasteiger partial charge in [0.1, 0.15) is 34.1 Å². The Hall–Kier alpha value is -4.15. The molecule has 0 aliphatic heterocycles. The summed E-state index contributed by atoms with van der Waals surface area (Å²) in [6.45, 7) is 0. The second-order valence-electron chi connectivity index (χ2n) is 5.42. The number of H-pyrrole nitrogens is 1. The Morgan fingerprint density at radius 1 is 1.18 bits per heavy atom. The number of pyridine rings is 2. The van der Waals surface area contributed by atoms with E-state index in [1.165, 1.54) is 30.0 Å². The first-order valence-electron chi connectivity index (χ1n) is 7.70. The zero-order chi connectivity index (χ0) is 20.3. The first-order chi connectivity index (χ1) is 13.5. The molecular formula is C18H10N6O3S. The molecule has 0 unspecified atom stereocenters. The lowest BCUT2D eigenvalue weighted by Crippen LogP contribution is -2.16. The summed E-state index contributed by atoms with van der Waals surface area (Å²) < 4.78 is 0. The fourth-order valence-electron chi connectivity index (χ4n) is 2.55. The lowest BCUT2D eigenvalue weighted by molar-refractivity contribution is -0.384. The van der Waals surface area contributed by atoms with Crippen LogP contribution in [0.1, 0.15) is 11.1 Å². The Labute approximate surface area is 162 Å². The van der Waals surface area contributed by atoms with Crippen LogP contribution in [0.5, 0.6) is 0 Å². The molecule has 3 rings (SSSR count). The lowest BCUT2D eigenvalue weighted by atomic mass is 9.96. The summed E-state index contributed by atoms with van der Waals surface area (Å²) in [6.07, 6.45) is 1.58. The van der Waals surface area contributed by atoms with Gasteiger partial charge in [-0.2, -0.15) is 10.5 Å². The number of nitrogen functional groups attached to an aromatic ring is 1. The van der Waals surface area contributed by atoms with E-state index in [-0.39, 0.29) is 33.8 Å². The Kier molecular flexibility index (Phi) is 5.07. The minimum Gasteiger partial charge on any atom is -0.384 e. The highest BCUT2D eigenvalue weighted by Gasteiger charge is 2.23. The molecule has 3 N–H and O–H groups in total. The van der Waals surface area contributed by atoms with Crippen LogP contribution in [-0.4, -0.2) is 14.9 Å². The Morgan fingerprint density at radius 3 is 2.54 bits per heavy atom. The molecule has 0 spiro atoms. The van der Waals surface area contributed by atoms with Crippen molar-refractivity contribution >= 4 is 23.3 Å². The van der Waals surface area contributed by atoms with Crippen molar-refractivity contribution in [2.45, 2.75) is 9.92 Å². The molecule has 10 heteroatoms. The second-order valence-corrected chi connectivity index (χ2v) is 6.49. The van der Waals surface area contributed by atoms with Crippen LogP contribution in [0.15, 0.2) is 57.3 Å². The maximum absolute atomic E-state index is 12.2. The zero-order valence-electron chi connectivity index (χ0n) is 14.0. The highest BCUT2D eigenvalue weighted by Crippen LogP contribution is 2.40. The maximum Gasteiger partial charge on any atom is 0.270 e. The highest BCUT2D eigenvalue weighted by atomic mass is 32.2. The molecule has 0 fully saturated rings. The number of nitriles is 2. The van der Waals surface area contributed by atoms with Gasteiger partial charge >= 0.3 is 0 Å². The van der Waals surface area contributed by atoms with Gasteiger partial charge in [-0.15, -0.1) is 0 Å². The molecule has 0 amide bonds. The fourth-order valence-corrected chi connectivity index (χ4v) is 3.44. The van der Waals surface area contributed by atoms with Crippen LogP contribution < -0.4 is 11.3 Å². The van der Waals surface area contributed by atoms with Gasteiger partial charge in [0.05, 0.1) is 4.92 Å². The van der Waals surface area contributed by atoms with Crippen LogP contribution in [0.25, 0.3) is 11.1 Å². The number of non-ortho nitro benzene ring substituents is 1. The summed E-state index contributed by atoms with van der Waals surface area (Å²) in [5.41, 5.74) is 4.35. The molecule has 2 heterocycles. The number of nitrogens with one attached hydrogen (secondary N) is 1. The third kappa shape index (κ3) is 3.40. The molecule has 1 aromatic carbocycles. The Bertz CT molecular complexity index is 1230. The average Bonchev–Trinajstić information content (AvgIpc) is 2.68. The highest BCUT2D eigenvalue weighted by molar-refractivity contribution is 7.99. The van der Waals surface area contributed by atoms with Crippen molar-refractivity contribution in [3.05, 3.63) is 74.2 Å². The molecular weight excluding hydrogens is 380 g/mol. The van der Waals surface area contributed by atoms with Crippen molar-refractivity contribution in [1.82, 2.24) is 9.97 Å².